The molecule has 0 aliphatic carbocycles. The molecule has 0 spiro atoms. The number of rotatable bonds is 15. The summed E-state index contributed by atoms with van der Waals surface area (Å²) < 4.78 is 13.7. The maximum Gasteiger partial charge on any atom is 0.329 e. The molecule has 0 unspecified atom stereocenters. The number of aromatic nitrogens is 5. The number of anilines is 3. The summed E-state index contributed by atoms with van der Waals surface area (Å²) in [4.78, 5) is 42.1. The van der Waals surface area contributed by atoms with Gasteiger partial charge in [0.15, 0.2) is 11.5 Å². The van der Waals surface area contributed by atoms with Crippen molar-refractivity contribution in [3.8, 4) is 5.82 Å². The first-order valence-electron chi connectivity index (χ1n) is 15.2. The Kier molecular flexibility index (Phi) is 10.4. The smallest absolute Gasteiger partial charge is 0.329 e. The molecule has 244 valence electrons. The van der Waals surface area contributed by atoms with E-state index >= 15 is 0 Å². The highest BCUT2D eigenvalue weighted by Gasteiger charge is 2.22. The van der Waals surface area contributed by atoms with E-state index in [9.17, 15) is 14.7 Å². The van der Waals surface area contributed by atoms with Gasteiger partial charge < -0.3 is 29.9 Å². The predicted octanol–water partition coefficient (Wildman–Crippen LogP) is 2.37. The molecule has 0 bridgehead atoms. The van der Waals surface area contributed by atoms with Gasteiger partial charge in [-0.05, 0) is 50.2 Å². The van der Waals surface area contributed by atoms with Crippen LogP contribution in [0.2, 0.25) is 0 Å². The molecular weight excluding hydrogens is 592 g/mol. The molecule has 1 fully saturated rings. The van der Waals surface area contributed by atoms with E-state index in [1.807, 2.05) is 12.1 Å². The van der Waals surface area contributed by atoms with Crippen molar-refractivity contribution >= 4 is 34.3 Å². The molecule has 14 nitrogen and oxygen atoms in total. The molecule has 1 aliphatic heterocycles. The van der Waals surface area contributed by atoms with Crippen LogP contribution in [0.15, 0.2) is 66.1 Å². The number of aliphatic carboxylic acids is 1. The second-order valence-corrected chi connectivity index (χ2v) is 11.4. The Morgan fingerprint density at radius 1 is 1.04 bits per heavy atom. The van der Waals surface area contributed by atoms with Gasteiger partial charge in [0.2, 0.25) is 5.95 Å². The van der Waals surface area contributed by atoms with Crippen molar-refractivity contribution in [2.24, 2.45) is 0 Å². The van der Waals surface area contributed by atoms with Crippen molar-refractivity contribution in [3.05, 3.63) is 77.4 Å². The summed E-state index contributed by atoms with van der Waals surface area (Å²) >= 11 is 0. The van der Waals surface area contributed by atoms with Gasteiger partial charge >= 0.3 is 5.97 Å². The fourth-order valence-corrected chi connectivity index (χ4v) is 5.18. The van der Waals surface area contributed by atoms with Gasteiger partial charge in [0.1, 0.15) is 17.6 Å². The molecule has 1 aliphatic rings. The minimum Gasteiger partial charge on any atom is -0.480 e. The van der Waals surface area contributed by atoms with Crippen molar-refractivity contribution in [1.29, 1.82) is 0 Å². The second-order valence-electron chi connectivity index (χ2n) is 11.4. The summed E-state index contributed by atoms with van der Waals surface area (Å²) in [5, 5.41) is 22.7. The number of piperazine rings is 1. The Morgan fingerprint density at radius 3 is 2.48 bits per heavy atom. The minimum atomic E-state index is -1.17. The van der Waals surface area contributed by atoms with Crippen molar-refractivity contribution < 1.29 is 24.5 Å². The van der Waals surface area contributed by atoms with Crippen LogP contribution in [0.4, 0.5) is 17.3 Å². The molecule has 3 N–H and O–H groups in total. The van der Waals surface area contributed by atoms with Crippen LogP contribution in [0.1, 0.15) is 19.5 Å². The first kappa shape index (κ1) is 32.8. The summed E-state index contributed by atoms with van der Waals surface area (Å²) in [5.74, 6) is -0.214. The molecule has 46 heavy (non-hydrogen) atoms. The van der Waals surface area contributed by atoms with E-state index in [0.29, 0.717) is 41.7 Å². The summed E-state index contributed by atoms with van der Waals surface area (Å²) in [6.45, 7) is 12.7. The zero-order valence-electron chi connectivity index (χ0n) is 26.1. The molecule has 5 rings (SSSR count). The van der Waals surface area contributed by atoms with E-state index in [1.54, 1.807) is 42.8 Å². The number of hydrogen-bond donors (Lipinski definition) is 3. The summed E-state index contributed by atoms with van der Waals surface area (Å²) in [6, 6.07) is 13.3. The van der Waals surface area contributed by atoms with Crippen molar-refractivity contribution in [1.82, 2.24) is 29.2 Å². The number of carboxylic acids is 1. The molecule has 0 amide bonds. The zero-order chi connectivity index (χ0) is 32.7. The highest BCUT2D eigenvalue weighted by molar-refractivity contribution is 5.77. The van der Waals surface area contributed by atoms with Crippen molar-refractivity contribution in [3.63, 3.8) is 0 Å². The lowest BCUT2D eigenvalue weighted by molar-refractivity contribution is -0.142. The number of allylic oxidation sites excluding steroid dienone is 1. The third-order valence-electron chi connectivity index (χ3n) is 7.57. The molecule has 4 heterocycles. The van der Waals surface area contributed by atoms with Gasteiger partial charge in [-0.25, -0.2) is 24.1 Å². The molecule has 1 saturated heterocycles. The number of hydrogen-bond acceptors (Lipinski definition) is 11. The normalized spacial score (nSPS) is 14.1. The number of pyridine rings is 1. The Bertz CT molecular complexity index is 1700. The minimum absolute atomic E-state index is 0.238. The topological polar surface area (TPSA) is 160 Å². The van der Waals surface area contributed by atoms with Gasteiger partial charge in [0.05, 0.1) is 32.1 Å². The van der Waals surface area contributed by atoms with Crippen LogP contribution in [0, 0.1) is 0 Å². The van der Waals surface area contributed by atoms with E-state index in [1.165, 1.54) is 10.9 Å². The SMILES string of the molecule is C=CCn1c(=O)c2cnc(Nc3ccc(N4CCN(CCOCCOCC(=O)O)CC4)cc3)nc2n1-c1cccc(C(C)(C)O)n1. The molecule has 14 heteroatoms. The first-order valence-corrected chi connectivity index (χ1v) is 15.2. The standard InChI is InChI=1S/C32H40N8O6/c1-4-12-39-30(43)25-21-33-31(36-29(25)40(39)27-7-5-6-26(35-27)32(2,3)44)34-23-8-10-24(11-9-23)38-15-13-37(14-16-38)17-18-45-19-20-46-22-28(41)42/h4-11,21,44H,1,12-20,22H2,2-3H3,(H,41,42)(H,33,34,36). The molecule has 0 radical (unpaired) electrons. The monoisotopic (exact) mass is 632 g/mol. The maximum absolute atomic E-state index is 13.3. The van der Waals surface area contributed by atoms with Gasteiger partial charge in [-0.2, -0.15) is 4.98 Å². The third kappa shape index (κ3) is 7.95. The fraction of sp³-hybridized carbons (Fsp3) is 0.406. The third-order valence-corrected chi connectivity index (χ3v) is 7.57. The molecule has 0 atom stereocenters. The lowest BCUT2D eigenvalue weighted by atomic mass is 10.1. The van der Waals surface area contributed by atoms with Crippen molar-refractivity contribution in [2.75, 3.05) is 69.4 Å². The first-order chi connectivity index (χ1) is 22.1. The second kappa shape index (κ2) is 14.6. The quantitative estimate of drug-likeness (QED) is 0.130. The summed E-state index contributed by atoms with van der Waals surface area (Å²) in [6.07, 6.45) is 3.14. The Labute approximate surface area is 266 Å². The maximum atomic E-state index is 13.3. The van der Waals surface area contributed by atoms with E-state index < -0.39 is 11.6 Å². The van der Waals surface area contributed by atoms with Crippen LogP contribution in [-0.2, 0) is 26.4 Å². The largest absolute Gasteiger partial charge is 0.480 e. The number of fused-ring (bicyclic) bond motifs is 1. The zero-order valence-corrected chi connectivity index (χ0v) is 26.1. The fourth-order valence-electron chi connectivity index (χ4n) is 5.18. The number of benzene rings is 1. The molecule has 1 aromatic carbocycles. The average Bonchev–Trinajstić information content (AvgIpc) is 3.31. The number of aliphatic hydroxyl groups is 1. The Morgan fingerprint density at radius 2 is 1.78 bits per heavy atom. The van der Waals surface area contributed by atoms with E-state index in [4.69, 9.17) is 19.6 Å². The number of carboxylic acid groups (broad SMARTS) is 1. The van der Waals surface area contributed by atoms with Crippen LogP contribution in [0.5, 0.6) is 0 Å². The van der Waals surface area contributed by atoms with Gasteiger partial charge in [-0.15, -0.1) is 6.58 Å². The van der Waals surface area contributed by atoms with Crippen LogP contribution in [0.25, 0.3) is 16.9 Å². The summed E-state index contributed by atoms with van der Waals surface area (Å²) in [5.41, 5.74) is 1.33. The summed E-state index contributed by atoms with van der Waals surface area (Å²) in [7, 11) is 0. The van der Waals surface area contributed by atoms with E-state index in [0.717, 1.165) is 44.1 Å². The highest BCUT2D eigenvalue weighted by Crippen LogP contribution is 2.24. The van der Waals surface area contributed by atoms with Crippen LogP contribution >= 0.6 is 0 Å². The van der Waals surface area contributed by atoms with Gasteiger partial charge in [-0.3, -0.25) is 9.69 Å². The number of nitrogens with one attached hydrogen (secondary N) is 1. The lowest BCUT2D eigenvalue weighted by Gasteiger charge is -2.36. The molecular formula is C32H40N8O6. The molecule has 0 saturated carbocycles. The average molecular weight is 633 g/mol. The van der Waals surface area contributed by atoms with Gasteiger partial charge in [-0.1, -0.05) is 12.1 Å². The van der Waals surface area contributed by atoms with E-state index in [-0.39, 0.29) is 25.3 Å². The number of nitrogens with zero attached hydrogens (tertiary/aromatic N) is 7. The predicted molar refractivity (Wildman–Crippen MR) is 174 cm³/mol. The van der Waals surface area contributed by atoms with Gasteiger partial charge in [0.25, 0.3) is 5.56 Å². The van der Waals surface area contributed by atoms with Gasteiger partial charge in [0, 0.05) is 50.3 Å². The number of carbonyl (C=O) groups is 1. The van der Waals surface area contributed by atoms with Crippen LogP contribution in [0.3, 0.4) is 0 Å². The molecule has 3 aromatic heterocycles. The van der Waals surface area contributed by atoms with Crippen LogP contribution in [-0.4, -0.2) is 105 Å². The van der Waals surface area contributed by atoms with Crippen molar-refractivity contribution in [2.45, 2.75) is 26.0 Å². The lowest BCUT2D eigenvalue weighted by Crippen LogP contribution is -2.47. The molecule has 4 aromatic rings. The Balaban J connectivity index is 1.22. The van der Waals surface area contributed by atoms with E-state index in [2.05, 4.69) is 43.8 Å². The Hall–Kier alpha value is -4.63. The number of ether oxygens (including phenoxy) is 2. The van der Waals surface area contributed by atoms with Crippen LogP contribution < -0.4 is 15.8 Å². The highest BCUT2D eigenvalue weighted by atomic mass is 16.5.